The zero-order valence-electron chi connectivity index (χ0n) is 7.12. The monoisotopic (exact) mass is 223 g/mol. The zero-order valence-corrected chi connectivity index (χ0v) is 8.69. The van der Waals surface area contributed by atoms with Crippen LogP contribution in [0.3, 0.4) is 0 Å². The smallest absolute Gasteiger partial charge is 0.134 e. The molecule has 14 heavy (non-hydrogen) atoms. The van der Waals surface area contributed by atoms with E-state index in [-0.39, 0.29) is 5.75 Å². The van der Waals surface area contributed by atoms with Gasteiger partial charge in [0.25, 0.3) is 0 Å². The van der Waals surface area contributed by atoms with Crippen molar-refractivity contribution < 1.29 is 5.11 Å². The number of halogens is 1. The maximum absolute atomic E-state index is 9.50. The van der Waals surface area contributed by atoms with Crippen LogP contribution in [0.25, 0.3) is 10.1 Å². The van der Waals surface area contributed by atoms with Crippen LogP contribution in [0.4, 0.5) is 0 Å². The van der Waals surface area contributed by atoms with E-state index in [0.717, 1.165) is 15.6 Å². The van der Waals surface area contributed by atoms with Crippen LogP contribution < -0.4 is 0 Å². The highest BCUT2D eigenvalue weighted by molar-refractivity contribution is 7.17. The number of fused-ring (bicyclic) bond motifs is 1. The van der Waals surface area contributed by atoms with Gasteiger partial charge in [-0.2, -0.15) is 5.26 Å². The third kappa shape index (κ3) is 1.43. The van der Waals surface area contributed by atoms with E-state index >= 15 is 0 Å². The molecule has 0 aliphatic rings. The first-order chi connectivity index (χ1) is 6.72. The van der Waals surface area contributed by atoms with Crippen LogP contribution in [-0.4, -0.2) is 5.11 Å². The van der Waals surface area contributed by atoms with Gasteiger partial charge >= 0.3 is 0 Å². The van der Waals surface area contributed by atoms with Gasteiger partial charge in [0.1, 0.15) is 5.75 Å². The highest BCUT2D eigenvalue weighted by Gasteiger charge is 2.08. The average Bonchev–Trinajstić information content (AvgIpc) is 2.49. The molecular weight excluding hydrogens is 218 g/mol. The van der Waals surface area contributed by atoms with Gasteiger partial charge in [0.15, 0.2) is 0 Å². The lowest BCUT2D eigenvalue weighted by molar-refractivity contribution is 0.483. The lowest BCUT2D eigenvalue weighted by Crippen LogP contribution is -1.81. The summed E-state index contributed by atoms with van der Waals surface area (Å²) in [7, 11) is 0. The summed E-state index contributed by atoms with van der Waals surface area (Å²) < 4.78 is 0.938. The standard InChI is InChI=1S/C10H6ClNOS/c11-7-3-6(1-2-12)10-8(4-7)9(13)5-14-10/h3-5,13H,1H2. The molecule has 0 unspecified atom stereocenters. The molecule has 2 aromatic rings. The predicted molar refractivity (Wildman–Crippen MR) is 57.8 cm³/mol. The lowest BCUT2D eigenvalue weighted by atomic mass is 10.1. The number of rotatable bonds is 1. The zero-order chi connectivity index (χ0) is 10.1. The van der Waals surface area contributed by atoms with E-state index in [1.807, 2.05) is 0 Å². The number of aromatic hydroxyl groups is 1. The minimum Gasteiger partial charge on any atom is -0.506 e. The second-order valence-electron chi connectivity index (χ2n) is 2.90. The van der Waals surface area contributed by atoms with Crippen LogP contribution in [0.2, 0.25) is 5.02 Å². The van der Waals surface area contributed by atoms with Gasteiger partial charge in [0.2, 0.25) is 0 Å². The van der Waals surface area contributed by atoms with Gasteiger partial charge in [0.05, 0.1) is 12.5 Å². The Morgan fingerprint density at radius 2 is 2.29 bits per heavy atom. The van der Waals surface area contributed by atoms with Crippen LogP contribution in [0.15, 0.2) is 17.5 Å². The molecule has 0 spiro atoms. The first-order valence-electron chi connectivity index (χ1n) is 3.98. The Morgan fingerprint density at radius 3 is 3.00 bits per heavy atom. The Kier molecular flexibility index (Phi) is 2.32. The van der Waals surface area contributed by atoms with Gasteiger partial charge in [-0.15, -0.1) is 11.3 Å². The third-order valence-electron chi connectivity index (χ3n) is 1.96. The van der Waals surface area contributed by atoms with E-state index in [0.29, 0.717) is 11.4 Å². The number of nitrogens with zero attached hydrogens (tertiary/aromatic N) is 1. The van der Waals surface area contributed by atoms with Gasteiger partial charge in [-0.05, 0) is 17.7 Å². The second kappa shape index (κ2) is 3.49. The van der Waals surface area contributed by atoms with Crippen molar-refractivity contribution >= 4 is 33.0 Å². The SMILES string of the molecule is N#CCc1cc(Cl)cc2c(O)csc12. The highest BCUT2D eigenvalue weighted by Crippen LogP contribution is 2.35. The molecule has 0 fully saturated rings. The van der Waals surface area contributed by atoms with Gasteiger partial charge in [-0.25, -0.2) is 0 Å². The van der Waals surface area contributed by atoms with Crippen molar-refractivity contribution in [1.29, 1.82) is 5.26 Å². The minimum atomic E-state index is 0.228. The van der Waals surface area contributed by atoms with Crippen LogP contribution >= 0.6 is 22.9 Å². The molecule has 0 saturated heterocycles. The van der Waals surface area contributed by atoms with Crippen molar-refractivity contribution in [1.82, 2.24) is 0 Å². The molecule has 1 aromatic heterocycles. The molecule has 0 aliphatic heterocycles. The Balaban J connectivity index is 2.76. The van der Waals surface area contributed by atoms with Gasteiger partial charge in [-0.3, -0.25) is 0 Å². The van der Waals surface area contributed by atoms with Gasteiger partial charge in [0, 0.05) is 20.5 Å². The molecule has 2 rings (SSSR count). The summed E-state index contributed by atoms with van der Waals surface area (Å²) in [6.45, 7) is 0. The van der Waals surface area contributed by atoms with Crippen LogP contribution in [0, 0.1) is 11.3 Å². The topological polar surface area (TPSA) is 44.0 Å². The molecule has 0 atom stereocenters. The summed E-state index contributed by atoms with van der Waals surface area (Å²) in [6.07, 6.45) is 0.316. The maximum Gasteiger partial charge on any atom is 0.134 e. The first kappa shape index (κ1) is 9.32. The molecule has 0 aliphatic carbocycles. The summed E-state index contributed by atoms with van der Waals surface area (Å²) in [5, 5.41) is 21.1. The third-order valence-corrected chi connectivity index (χ3v) is 3.24. The minimum absolute atomic E-state index is 0.228. The van der Waals surface area contributed by atoms with E-state index in [4.69, 9.17) is 16.9 Å². The molecule has 1 aromatic carbocycles. The Hall–Kier alpha value is -1.24. The molecule has 1 N–H and O–H groups in total. The van der Waals surface area contributed by atoms with Gasteiger partial charge < -0.3 is 5.11 Å². The number of hydrogen-bond donors (Lipinski definition) is 1. The summed E-state index contributed by atoms with van der Waals surface area (Å²) >= 11 is 7.30. The number of hydrogen-bond acceptors (Lipinski definition) is 3. The Bertz CT molecular complexity index is 527. The van der Waals surface area contributed by atoms with Crippen LogP contribution in [0.5, 0.6) is 5.75 Å². The fourth-order valence-electron chi connectivity index (χ4n) is 1.37. The lowest BCUT2D eigenvalue weighted by Gasteiger charge is -1.99. The second-order valence-corrected chi connectivity index (χ2v) is 4.21. The van der Waals surface area contributed by atoms with Crippen LogP contribution in [0.1, 0.15) is 5.56 Å². The molecule has 0 saturated carbocycles. The molecule has 0 radical (unpaired) electrons. The molecular formula is C10H6ClNOS. The van der Waals surface area contributed by atoms with Crippen LogP contribution in [-0.2, 0) is 6.42 Å². The van der Waals surface area contributed by atoms with E-state index in [1.54, 1.807) is 17.5 Å². The molecule has 0 bridgehead atoms. The summed E-state index contributed by atoms with van der Waals surface area (Å²) in [5.74, 6) is 0.228. The maximum atomic E-state index is 9.50. The van der Waals surface area contributed by atoms with E-state index in [2.05, 4.69) is 6.07 Å². The normalized spacial score (nSPS) is 10.3. The van der Waals surface area contributed by atoms with Crippen molar-refractivity contribution in [2.24, 2.45) is 0 Å². The number of nitriles is 1. The summed E-state index contributed by atoms with van der Waals surface area (Å²) in [4.78, 5) is 0. The van der Waals surface area contributed by atoms with Crippen molar-refractivity contribution in [3.8, 4) is 11.8 Å². The average molecular weight is 224 g/mol. The number of benzene rings is 1. The van der Waals surface area contributed by atoms with Crippen molar-refractivity contribution in [2.45, 2.75) is 6.42 Å². The van der Waals surface area contributed by atoms with E-state index < -0.39 is 0 Å². The quantitative estimate of drug-likeness (QED) is 0.806. The van der Waals surface area contributed by atoms with Crippen molar-refractivity contribution in [2.75, 3.05) is 0 Å². The molecule has 1 heterocycles. The number of thiophene rings is 1. The fraction of sp³-hybridized carbons (Fsp3) is 0.100. The Labute approximate surface area is 90.0 Å². The fourth-order valence-corrected chi connectivity index (χ4v) is 2.54. The van der Waals surface area contributed by atoms with Gasteiger partial charge in [-0.1, -0.05) is 11.6 Å². The van der Waals surface area contributed by atoms with Crippen molar-refractivity contribution in [3.63, 3.8) is 0 Å². The first-order valence-corrected chi connectivity index (χ1v) is 5.23. The van der Waals surface area contributed by atoms with Crippen molar-refractivity contribution in [3.05, 3.63) is 28.1 Å². The molecule has 0 amide bonds. The molecule has 2 nitrogen and oxygen atoms in total. The predicted octanol–water partition coefficient (Wildman–Crippen LogP) is 3.33. The molecule has 4 heteroatoms. The molecule has 70 valence electrons. The van der Waals surface area contributed by atoms with E-state index in [1.165, 1.54) is 11.3 Å². The summed E-state index contributed by atoms with van der Waals surface area (Å²) in [6, 6.07) is 5.56. The highest BCUT2D eigenvalue weighted by atomic mass is 35.5. The largest absolute Gasteiger partial charge is 0.506 e. The van der Waals surface area contributed by atoms with E-state index in [9.17, 15) is 5.11 Å². The summed E-state index contributed by atoms with van der Waals surface area (Å²) in [5.41, 5.74) is 0.875. The Morgan fingerprint density at radius 1 is 1.50 bits per heavy atom.